The van der Waals surface area contributed by atoms with Crippen LogP contribution in [0.15, 0.2) is 60.8 Å². The molecule has 0 saturated carbocycles. The first-order valence-electron chi connectivity index (χ1n) is 8.37. The molecule has 27 heavy (non-hydrogen) atoms. The summed E-state index contributed by atoms with van der Waals surface area (Å²) in [6.45, 7) is 0. The summed E-state index contributed by atoms with van der Waals surface area (Å²) in [5.41, 5.74) is 3.72. The average Bonchev–Trinajstić information content (AvgIpc) is 2.70. The van der Waals surface area contributed by atoms with Crippen molar-refractivity contribution in [2.45, 2.75) is 6.42 Å². The summed E-state index contributed by atoms with van der Waals surface area (Å²) >= 11 is 9.72. The number of halogens is 2. The number of amides is 1. The van der Waals surface area contributed by atoms with Crippen LogP contribution in [-0.4, -0.2) is 23.3 Å². The minimum atomic E-state index is -0.244. The summed E-state index contributed by atoms with van der Waals surface area (Å²) in [5, 5.41) is 4.33. The number of hydrogen-bond donors (Lipinski definition) is 1. The number of pyridine rings is 1. The molecule has 0 saturated heterocycles. The fourth-order valence-corrected chi connectivity index (χ4v) is 3.38. The van der Waals surface area contributed by atoms with Crippen molar-refractivity contribution in [2.75, 3.05) is 17.8 Å². The van der Waals surface area contributed by atoms with E-state index in [4.69, 9.17) is 16.3 Å². The summed E-state index contributed by atoms with van der Waals surface area (Å²) in [4.78, 5) is 17.1. The molecular weight excluding hydrogens is 428 g/mol. The quantitative estimate of drug-likeness (QED) is 0.502. The molecule has 6 heteroatoms. The number of hydrogen-bond acceptors (Lipinski definition) is 3. The fourth-order valence-electron chi connectivity index (χ4n) is 2.71. The van der Waals surface area contributed by atoms with Crippen LogP contribution >= 0.6 is 27.5 Å². The molecule has 138 valence electrons. The molecule has 0 aliphatic rings. The van der Waals surface area contributed by atoms with Gasteiger partial charge in [0, 0.05) is 22.8 Å². The lowest BCUT2D eigenvalue weighted by molar-refractivity contribution is 0.102. The van der Waals surface area contributed by atoms with Gasteiger partial charge in [-0.2, -0.15) is 0 Å². The van der Waals surface area contributed by atoms with E-state index < -0.39 is 0 Å². The molecule has 0 aliphatic heterocycles. The zero-order valence-electron chi connectivity index (χ0n) is 14.7. The molecule has 1 heterocycles. The van der Waals surface area contributed by atoms with Gasteiger partial charge in [0.25, 0.3) is 5.91 Å². The average molecular weight is 446 g/mol. The van der Waals surface area contributed by atoms with Crippen LogP contribution < -0.4 is 10.1 Å². The highest BCUT2D eigenvalue weighted by Crippen LogP contribution is 2.30. The molecule has 0 bridgehead atoms. The Hall–Kier alpha value is -2.37. The summed E-state index contributed by atoms with van der Waals surface area (Å²) in [5.74, 6) is 0.302. The van der Waals surface area contributed by atoms with Gasteiger partial charge in [0.1, 0.15) is 5.75 Å². The highest BCUT2D eigenvalue weighted by molar-refractivity contribution is 9.09. The molecule has 0 atom stereocenters. The third-order valence-corrected chi connectivity index (χ3v) is 4.78. The molecule has 0 spiro atoms. The number of rotatable bonds is 6. The molecule has 1 aromatic heterocycles. The van der Waals surface area contributed by atoms with E-state index in [1.54, 1.807) is 31.5 Å². The molecule has 0 fully saturated rings. The highest BCUT2D eigenvalue weighted by Gasteiger charge is 2.14. The number of aryl methyl sites for hydroxylation is 1. The minimum absolute atomic E-state index is 0.244. The number of aromatic nitrogens is 1. The van der Waals surface area contributed by atoms with Crippen LogP contribution in [0.3, 0.4) is 0 Å². The second kappa shape index (κ2) is 9.02. The largest absolute Gasteiger partial charge is 0.496 e. The molecular formula is C21H18BrClN2O2. The molecule has 0 radical (unpaired) electrons. The number of nitrogens with zero attached hydrogens (tertiary/aromatic N) is 1. The molecule has 2 aromatic carbocycles. The monoisotopic (exact) mass is 444 g/mol. The Balaban J connectivity index is 1.86. The van der Waals surface area contributed by atoms with E-state index in [9.17, 15) is 4.79 Å². The van der Waals surface area contributed by atoms with Crippen LogP contribution in [0, 0.1) is 0 Å². The maximum atomic E-state index is 12.7. The first-order valence-corrected chi connectivity index (χ1v) is 9.87. The molecule has 1 N–H and O–H groups in total. The van der Waals surface area contributed by atoms with Crippen molar-refractivity contribution >= 4 is 39.1 Å². The van der Waals surface area contributed by atoms with Gasteiger partial charge in [0.15, 0.2) is 0 Å². The predicted octanol–water partition coefficient (Wildman–Crippen LogP) is 5.60. The minimum Gasteiger partial charge on any atom is -0.496 e. The Labute approximate surface area is 171 Å². The van der Waals surface area contributed by atoms with Crippen molar-refractivity contribution in [3.8, 4) is 17.0 Å². The molecule has 3 aromatic rings. The van der Waals surface area contributed by atoms with E-state index in [2.05, 4.69) is 26.2 Å². The number of anilines is 1. The van der Waals surface area contributed by atoms with E-state index in [0.29, 0.717) is 22.0 Å². The molecule has 0 aliphatic carbocycles. The van der Waals surface area contributed by atoms with Crippen LogP contribution in [0.4, 0.5) is 5.69 Å². The Morgan fingerprint density at radius 3 is 2.74 bits per heavy atom. The van der Waals surface area contributed by atoms with Crippen molar-refractivity contribution in [2.24, 2.45) is 0 Å². The van der Waals surface area contributed by atoms with E-state index >= 15 is 0 Å². The maximum Gasteiger partial charge on any atom is 0.259 e. The third-order valence-electron chi connectivity index (χ3n) is 4.06. The van der Waals surface area contributed by atoms with Gasteiger partial charge in [-0.3, -0.25) is 9.78 Å². The second-order valence-corrected chi connectivity index (χ2v) is 7.04. The van der Waals surface area contributed by atoms with Gasteiger partial charge < -0.3 is 10.1 Å². The number of benzene rings is 2. The standard InChI is InChI=1S/C21H18BrClN2O2/c1-27-20-12-14(9-10-22)5-7-16(20)21(26)25-15-6-8-18(23)17(13-15)19-4-2-3-11-24-19/h2-8,11-13H,9-10H2,1H3,(H,25,26). The Bertz CT molecular complexity index is 948. The van der Waals surface area contributed by atoms with Crippen molar-refractivity contribution < 1.29 is 9.53 Å². The van der Waals surface area contributed by atoms with Crippen LogP contribution in [0.1, 0.15) is 15.9 Å². The van der Waals surface area contributed by atoms with Gasteiger partial charge in [-0.05, 0) is 54.4 Å². The SMILES string of the molecule is COc1cc(CCBr)ccc1C(=O)Nc1ccc(Cl)c(-c2ccccn2)c1. The zero-order valence-corrected chi connectivity index (χ0v) is 17.0. The van der Waals surface area contributed by atoms with Crippen molar-refractivity contribution in [3.63, 3.8) is 0 Å². The summed E-state index contributed by atoms with van der Waals surface area (Å²) in [7, 11) is 1.56. The number of ether oxygens (including phenoxy) is 1. The summed E-state index contributed by atoms with van der Waals surface area (Å²) in [6, 6.07) is 16.5. The Morgan fingerprint density at radius 2 is 2.04 bits per heavy atom. The summed E-state index contributed by atoms with van der Waals surface area (Å²) < 4.78 is 5.40. The van der Waals surface area contributed by atoms with Crippen LogP contribution in [0.25, 0.3) is 11.3 Å². The smallest absolute Gasteiger partial charge is 0.259 e. The maximum absolute atomic E-state index is 12.7. The zero-order chi connectivity index (χ0) is 19.2. The summed E-state index contributed by atoms with van der Waals surface area (Å²) in [6.07, 6.45) is 2.57. The van der Waals surface area contributed by atoms with Gasteiger partial charge in [0.2, 0.25) is 0 Å². The van der Waals surface area contributed by atoms with Crippen LogP contribution in [0.5, 0.6) is 5.75 Å². The lowest BCUT2D eigenvalue weighted by atomic mass is 10.1. The number of methoxy groups -OCH3 is 1. The van der Waals surface area contributed by atoms with E-state index in [-0.39, 0.29) is 5.91 Å². The van der Waals surface area contributed by atoms with Gasteiger partial charge in [-0.25, -0.2) is 0 Å². The number of carbonyl (C=O) groups excluding carboxylic acids is 1. The number of alkyl halides is 1. The van der Waals surface area contributed by atoms with Gasteiger partial charge >= 0.3 is 0 Å². The first-order chi connectivity index (χ1) is 13.1. The molecule has 1 amide bonds. The molecule has 3 rings (SSSR count). The fraction of sp³-hybridized carbons (Fsp3) is 0.143. The van der Waals surface area contributed by atoms with Gasteiger partial charge in [-0.15, -0.1) is 0 Å². The van der Waals surface area contributed by atoms with Crippen LogP contribution in [-0.2, 0) is 6.42 Å². The van der Waals surface area contributed by atoms with Crippen molar-refractivity contribution in [3.05, 3.63) is 76.9 Å². The van der Waals surface area contributed by atoms with Gasteiger partial charge in [-0.1, -0.05) is 39.7 Å². The Morgan fingerprint density at radius 1 is 1.19 bits per heavy atom. The molecule has 4 nitrogen and oxygen atoms in total. The topological polar surface area (TPSA) is 51.2 Å². The van der Waals surface area contributed by atoms with Crippen molar-refractivity contribution in [1.29, 1.82) is 0 Å². The number of carbonyl (C=O) groups is 1. The van der Waals surface area contributed by atoms with E-state index in [1.165, 1.54) is 0 Å². The van der Waals surface area contributed by atoms with Gasteiger partial charge in [0.05, 0.1) is 23.4 Å². The van der Waals surface area contributed by atoms with E-state index in [1.807, 2.05) is 36.4 Å². The lowest BCUT2D eigenvalue weighted by Gasteiger charge is -2.12. The number of nitrogens with one attached hydrogen (secondary N) is 1. The Kier molecular flexibility index (Phi) is 6.48. The second-order valence-electron chi connectivity index (χ2n) is 5.84. The first kappa shape index (κ1) is 19.4. The normalized spacial score (nSPS) is 10.5. The van der Waals surface area contributed by atoms with Crippen LogP contribution in [0.2, 0.25) is 5.02 Å². The molecule has 0 unspecified atom stereocenters. The predicted molar refractivity (Wildman–Crippen MR) is 113 cm³/mol. The van der Waals surface area contributed by atoms with Crippen molar-refractivity contribution in [1.82, 2.24) is 4.98 Å². The third kappa shape index (κ3) is 4.67. The lowest BCUT2D eigenvalue weighted by Crippen LogP contribution is -2.13. The highest BCUT2D eigenvalue weighted by atomic mass is 79.9. The van der Waals surface area contributed by atoms with E-state index in [0.717, 1.165) is 28.6 Å².